The van der Waals surface area contributed by atoms with Gasteiger partial charge < -0.3 is 10.4 Å². The number of para-hydroxylation sites is 1. The zero-order valence-electron chi connectivity index (χ0n) is 12.4. The number of nitrogens with one attached hydrogen (secondary N) is 2. The van der Waals surface area contributed by atoms with E-state index in [0.29, 0.717) is 11.4 Å². The molecule has 2 aromatic carbocycles. The van der Waals surface area contributed by atoms with Crippen LogP contribution in [0.1, 0.15) is 11.7 Å². The molecule has 0 aliphatic rings. The summed E-state index contributed by atoms with van der Waals surface area (Å²) in [5.41, 5.74) is 1.42. The van der Waals surface area contributed by atoms with Gasteiger partial charge in [-0.3, -0.25) is 10.1 Å². The Balaban J connectivity index is 1.68. The zero-order chi connectivity index (χ0) is 16.5. The molecule has 0 spiro atoms. The molecule has 5 nitrogen and oxygen atoms in total. The van der Waals surface area contributed by atoms with Crippen molar-refractivity contribution in [2.75, 3.05) is 16.8 Å². The Morgan fingerprint density at radius 2 is 1.61 bits per heavy atom. The summed E-state index contributed by atoms with van der Waals surface area (Å²) in [6, 6.07) is 17.6. The first-order chi connectivity index (χ1) is 11.1. The summed E-state index contributed by atoms with van der Waals surface area (Å²) in [6.45, 7) is 0. The minimum atomic E-state index is -0.632. The monoisotopic (exact) mass is 330 g/mol. The number of hydrogen-bond acceptors (Lipinski definition) is 4. The highest BCUT2D eigenvalue weighted by Crippen LogP contribution is 2.17. The Hall–Kier alpha value is -2.31. The largest absolute Gasteiger partial charge is 0.388 e. The van der Waals surface area contributed by atoms with Gasteiger partial charge in [0, 0.05) is 11.4 Å². The topological polar surface area (TPSA) is 78.4 Å². The summed E-state index contributed by atoms with van der Waals surface area (Å²) in [5, 5.41) is 14.8. The van der Waals surface area contributed by atoms with E-state index in [0.717, 1.165) is 5.56 Å². The third kappa shape index (κ3) is 6.14. The molecule has 0 fully saturated rings. The SMILES string of the molecule is O=C(CSCC(O)c1ccccc1)NC(=O)Nc1ccccc1. The number of imide groups is 1. The summed E-state index contributed by atoms with van der Waals surface area (Å²) >= 11 is 1.27. The first-order valence-electron chi connectivity index (χ1n) is 7.12. The first-order valence-corrected chi connectivity index (χ1v) is 8.27. The molecule has 23 heavy (non-hydrogen) atoms. The van der Waals surface area contributed by atoms with Crippen LogP contribution in [0.2, 0.25) is 0 Å². The van der Waals surface area contributed by atoms with Gasteiger partial charge in [-0.25, -0.2) is 4.79 Å². The fourth-order valence-corrected chi connectivity index (χ4v) is 2.67. The van der Waals surface area contributed by atoms with Gasteiger partial charge in [0.1, 0.15) is 0 Å². The minimum Gasteiger partial charge on any atom is -0.388 e. The minimum absolute atomic E-state index is 0.103. The van der Waals surface area contributed by atoms with Gasteiger partial charge >= 0.3 is 6.03 Å². The second-order valence-corrected chi connectivity index (χ2v) is 5.84. The smallest absolute Gasteiger partial charge is 0.325 e. The maximum absolute atomic E-state index is 11.7. The van der Waals surface area contributed by atoms with Crippen LogP contribution in [0.4, 0.5) is 10.5 Å². The summed E-state index contributed by atoms with van der Waals surface area (Å²) in [5.74, 6) is 0.0906. The molecule has 0 aliphatic carbocycles. The Bertz CT molecular complexity index is 635. The molecule has 120 valence electrons. The molecule has 0 saturated heterocycles. The molecule has 0 aliphatic heterocycles. The molecule has 0 aromatic heterocycles. The molecule has 2 rings (SSSR count). The van der Waals surface area contributed by atoms with Crippen molar-refractivity contribution >= 4 is 29.4 Å². The second kappa shape index (κ2) is 8.97. The number of anilines is 1. The number of aliphatic hydroxyl groups excluding tert-OH is 1. The van der Waals surface area contributed by atoms with Gasteiger partial charge in [0.25, 0.3) is 0 Å². The molecule has 3 N–H and O–H groups in total. The fourth-order valence-electron chi connectivity index (χ4n) is 1.88. The summed E-state index contributed by atoms with van der Waals surface area (Å²) in [7, 11) is 0. The Labute approximate surface area is 139 Å². The number of carbonyl (C=O) groups is 2. The van der Waals surface area contributed by atoms with E-state index >= 15 is 0 Å². The first kappa shape index (κ1) is 17.1. The molecule has 1 atom stereocenters. The van der Waals surface area contributed by atoms with Gasteiger partial charge in [-0.2, -0.15) is 0 Å². The fraction of sp³-hybridized carbons (Fsp3) is 0.176. The van der Waals surface area contributed by atoms with E-state index in [-0.39, 0.29) is 5.75 Å². The van der Waals surface area contributed by atoms with Gasteiger partial charge in [-0.05, 0) is 17.7 Å². The van der Waals surface area contributed by atoms with Crippen LogP contribution in [0.3, 0.4) is 0 Å². The van der Waals surface area contributed by atoms with Crippen LogP contribution in [-0.2, 0) is 4.79 Å². The van der Waals surface area contributed by atoms with Crippen LogP contribution < -0.4 is 10.6 Å². The molecule has 2 aromatic rings. The van der Waals surface area contributed by atoms with Gasteiger partial charge in [-0.1, -0.05) is 48.5 Å². The lowest BCUT2D eigenvalue weighted by Crippen LogP contribution is -2.35. The maximum Gasteiger partial charge on any atom is 0.325 e. The highest BCUT2D eigenvalue weighted by molar-refractivity contribution is 7.99. The van der Waals surface area contributed by atoms with E-state index in [1.807, 2.05) is 36.4 Å². The number of amides is 3. The van der Waals surface area contributed by atoms with Crippen LogP contribution in [-0.4, -0.2) is 28.6 Å². The molecule has 6 heteroatoms. The van der Waals surface area contributed by atoms with E-state index in [4.69, 9.17) is 0 Å². The number of thioether (sulfide) groups is 1. The number of aliphatic hydroxyl groups is 1. The van der Waals surface area contributed by atoms with Crippen LogP contribution in [0, 0.1) is 0 Å². The van der Waals surface area contributed by atoms with Crippen LogP contribution in [0.15, 0.2) is 60.7 Å². The van der Waals surface area contributed by atoms with E-state index in [9.17, 15) is 14.7 Å². The Morgan fingerprint density at radius 1 is 1.00 bits per heavy atom. The number of benzene rings is 2. The third-order valence-electron chi connectivity index (χ3n) is 2.98. The van der Waals surface area contributed by atoms with Gasteiger partial charge in [0.2, 0.25) is 5.91 Å². The lowest BCUT2D eigenvalue weighted by molar-refractivity contribution is -0.117. The predicted octanol–water partition coefficient (Wildman–Crippen LogP) is 2.80. The van der Waals surface area contributed by atoms with Crippen LogP contribution >= 0.6 is 11.8 Å². The van der Waals surface area contributed by atoms with Gasteiger partial charge in [0.05, 0.1) is 11.9 Å². The van der Waals surface area contributed by atoms with Crippen LogP contribution in [0.25, 0.3) is 0 Å². The average Bonchev–Trinajstić information content (AvgIpc) is 2.56. The number of urea groups is 1. The van der Waals surface area contributed by atoms with Crippen molar-refractivity contribution in [1.29, 1.82) is 0 Å². The summed E-state index contributed by atoms with van der Waals surface area (Å²) < 4.78 is 0. The van der Waals surface area contributed by atoms with Gasteiger partial charge in [0.15, 0.2) is 0 Å². The molecule has 0 bridgehead atoms. The lowest BCUT2D eigenvalue weighted by atomic mass is 10.1. The van der Waals surface area contributed by atoms with E-state index in [1.165, 1.54) is 11.8 Å². The standard InChI is InChI=1S/C17H18N2O3S/c20-15(13-7-3-1-4-8-13)11-23-12-16(21)19-17(22)18-14-9-5-2-6-10-14/h1-10,15,20H,11-12H2,(H2,18,19,21,22). The average molecular weight is 330 g/mol. The van der Waals surface area contributed by atoms with Crippen molar-refractivity contribution in [3.05, 3.63) is 66.2 Å². The van der Waals surface area contributed by atoms with Crippen molar-refractivity contribution in [3.8, 4) is 0 Å². The van der Waals surface area contributed by atoms with E-state index in [2.05, 4.69) is 10.6 Å². The molecule has 0 saturated carbocycles. The maximum atomic E-state index is 11.7. The summed E-state index contributed by atoms with van der Waals surface area (Å²) in [4.78, 5) is 23.3. The normalized spacial score (nSPS) is 11.5. The third-order valence-corrected chi connectivity index (χ3v) is 4.00. The van der Waals surface area contributed by atoms with Gasteiger partial charge in [-0.15, -0.1) is 11.8 Å². The molecular formula is C17H18N2O3S. The lowest BCUT2D eigenvalue weighted by Gasteiger charge is -2.10. The van der Waals surface area contributed by atoms with Crippen molar-refractivity contribution in [2.24, 2.45) is 0 Å². The molecular weight excluding hydrogens is 312 g/mol. The molecule has 3 amide bonds. The quantitative estimate of drug-likeness (QED) is 0.761. The van der Waals surface area contributed by atoms with E-state index < -0.39 is 18.0 Å². The molecule has 0 heterocycles. The van der Waals surface area contributed by atoms with E-state index in [1.54, 1.807) is 24.3 Å². The predicted molar refractivity (Wildman–Crippen MR) is 92.3 cm³/mol. The van der Waals surface area contributed by atoms with Crippen molar-refractivity contribution in [3.63, 3.8) is 0 Å². The highest BCUT2D eigenvalue weighted by Gasteiger charge is 2.11. The number of hydrogen-bond donors (Lipinski definition) is 3. The molecule has 1 unspecified atom stereocenters. The zero-order valence-corrected chi connectivity index (χ0v) is 13.3. The van der Waals surface area contributed by atoms with Crippen molar-refractivity contribution < 1.29 is 14.7 Å². The van der Waals surface area contributed by atoms with Crippen molar-refractivity contribution in [2.45, 2.75) is 6.10 Å². The number of carbonyl (C=O) groups excluding carboxylic acids is 2. The second-order valence-electron chi connectivity index (χ2n) is 4.81. The highest BCUT2D eigenvalue weighted by atomic mass is 32.2. The molecule has 0 radical (unpaired) electrons. The summed E-state index contributed by atoms with van der Waals surface area (Å²) in [6.07, 6.45) is -0.632. The number of rotatable bonds is 6. The Kier molecular flexibility index (Phi) is 6.65. The van der Waals surface area contributed by atoms with Crippen molar-refractivity contribution in [1.82, 2.24) is 5.32 Å². The van der Waals surface area contributed by atoms with Crippen LogP contribution in [0.5, 0.6) is 0 Å². The Morgan fingerprint density at radius 3 is 2.26 bits per heavy atom.